The minimum atomic E-state index is -0.113. The summed E-state index contributed by atoms with van der Waals surface area (Å²) < 4.78 is 0. The van der Waals surface area contributed by atoms with Crippen molar-refractivity contribution in [1.82, 2.24) is 5.32 Å². The van der Waals surface area contributed by atoms with Crippen LogP contribution in [0.5, 0.6) is 0 Å². The Morgan fingerprint density at radius 2 is 1.78 bits per heavy atom. The van der Waals surface area contributed by atoms with Gasteiger partial charge in [-0.05, 0) is 73.5 Å². The molecule has 1 aromatic carbocycles. The minimum absolute atomic E-state index is 0.113. The van der Waals surface area contributed by atoms with Gasteiger partial charge in [0.2, 0.25) is 5.91 Å². The number of fused-ring (bicyclic) bond motifs is 1. The normalized spacial score (nSPS) is 34.3. The lowest BCUT2D eigenvalue weighted by Crippen LogP contribution is -2.55. The Labute approximate surface area is 162 Å². The van der Waals surface area contributed by atoms with Gasteiger partial charge in [0, 0.05) is 24.9 Å². The third-order valence-electron chi connectivity index (χ3n) is 7.65. The van der Waals surface area contributed by atoms with Crippen LogP contribution in [-0.4, -0.2) is 19.5 Å². The van der Waals surface area contributed by atoms with Gasteiger partial charge in [0.25, 0.3) is 0 Å². The number of rotatable bonds is 3. The van der Waals surface area contributed by atoms with Crippen molar-refractivity contribution in [2.24, 2.45) is 23.2 Å². The summed E-state index contributed by atoms with van der Waals surface area (Å²) in [6, 6.07) is 8.45. The average Bonchev–Trinajstić information content (AvgIpc) is 2.82. The highest BCUT2D eigenvalue weighted by atomic mass is 16.2. The predicted octanol–water partition coefficient (Wildman–Crippen LogP) is 4.45. The third-order valence-corrected chi connectivity index (χ3v) is 7.65. The zero-order chi connectivity index (χ0) is 18.6. The molecular weight excluding hydrogens is 332 g/mol. The van der Waals surface area contributed by atoms with E-state index < -0.39 is 0 Å². The van der Waals surface area contributed by atoms with Crippen LogP contribution < -0.4 is 10.2 Å². The number of carbonyl (C=O) groups excluding carboxylic acids is 1. The van der Waals surface area contributed by atoms with Crippen LogP contribution in [0, 0.1) is 23.2 Å². The highest BCUT2D eigenvalue weighted by Gasteiger charge is 2.56. The number of nitrogens with one attached hydrogen (secondary N) is 1. The van der Waals surface area contributed by atoms with Gasteiger partial charge in [-0.2, -0.15) is 0 Å². The molecule has 3 heteroatoms. The fourth-order valence-electron chi connectivity index (χ4n) is 6.86. The van der Waals surface area contributed by atoms with Crippen LogP contribution in [0.25, 0.3) is 0 Å². The summed E-state index contributed by atoms with van der Waals surface area (Å²) in [7, 11) is 1.97. The van der Waals surface area contributed by atoms with E-state index in [4.69, 9.17) is 0 Å². The van der Waals surface area contributed by atoms with Gasteiger partial charge in [0.1, 0.15) is 0 Å². The number of carbonyl (C=O) groups is 1. The topological polar surface area (TPSA) is 32.3 Å². The van der Waals surface area contributed by atoms with Gasteiger partial charge in [-0.15, -0.1) is 0 Å². The molecule has 4 bridgehead atoms. The van der Waals surface area contributed by atoms with Gasteiger partial charge in [-0.1, -0.05) is 30.9 Å². The zero-order valence-corrected chi connectivity index (χ0v) is 16.3. The molecule has 0 unspecified atom stereocenters. The number of nitrogens with zero attached hydrogens (tertiary/aromatic N) is 1. The number of hydrogen-bond acceptors (Lipinski definition) is 2. The molecule has 0 atom stereocenters. The molecule has 6 rings (SSSR count). The quantitative estimate of drug-likeness (QED) is 0.861. The molecule has 1 aromatic rings. The molecule has 3 nitrogen and oxygen atoms in total. The van der Waals surface area contributed by atoms with Gasteiger partial charge < -0.3 is 10.2 Å². The number of likely N-dealkylation sites (N-methyl/N-ethyl adjacent to an activating group) is 1. The standard InChI is InChI=1S/C24H30N2O/c1-3-19-15-26(22-7-5-4-6-20(22)11-21(19)25-2)23(27)24-12-16-8-17(13-24)10-18(9-16)14-24/h3-7,16-18,25H,1,8-15H2,2H3. The first-order valence-corrected chi connectivity index (χ1v) is 10.5. The van der Waals surface area contributed by atoms with Crippen LogP contribution in [0.15, 0.2) is 48.2 Å². The SMILES string of the molecule is C=CC1=C(NC)Cc2ccccc2N(C(=O)C23CC4CC(CC(C4)C2)C3)C1. The molecule has 0 aromatic heterocycles. The predicted molar refractivity (Wildman–Crippen MR) is 109 cm³/mol. The molecule has 0 radical (unpaired) electrons. The molecule has 142 valence electrons. The Morgan fingerprint density at radius 1 is 1.15 bits per heavy atom. The molecule has 1 N–H and O–H groups in total. The molecule has 4 saturated carbocycles. The van der Waals surface area contributed by atoms with Crippen molar-refractivity contribution in [3.05, 3.63) is 53.8 Å². The molecule has 1 aliphatic heterocycles. The van der Waals surface area contributed by atoms with Crippen molar-refractivity contribution in [2.45, 2.75) is 44.9 Å². The van der Waals surface area contributed by atoms with E-state index in [1.807, 2.05) is 13.1 Å². The average molecular weight is 363 g/mol. The maximum Gasteiger partial charge on any atom is 0.233 e. The van der Waals surface area contributed by atoms with Gasteiger partial charge >= 0.3 is 0 Å². The molecule has 5 aliphatic rings. The number of para-hydroxylation sites is 1. The zero-order valence-electron chi connectivity index (χ0n) is 16.3. The van der Waals surface area contributed by atoms with E-state index in [2.05, 4.69) is 41.1 Å². The fourth-order valence-corrected chi connectivity index (χ4v) is 6.86. The second-order valence-corrected chi connectivity index (χ2v) is 9.35. The first kappa shape index (κ1) is 17.1. The third kappa shape index (κ3) is 2.66. The van der Waals surface area contributed by atoms with Crippen molar-refractivity contribution in [2.75, 3.05) is 18.5 Å². The van der Waals surface area contributed by atoms with Gasteiger partial charge in [0.15, 0.2) is 0 Å². The summed E-state index contributed by atoms with van der Waals surface area (Å²) in [5.74, 6) is 2.73. The van der Waals surface area contributed by atoms with Crippen molar-refractivity contribution >= 4 is 11.6 Å². The molecule has 4 fully saturated rings. The van der Waals surface area contributed by atoms with Gasteiger partial charge in [0.05, 0.1) is 12.0 Å². The molecule has 1 heterocycles. The minimum Gasteiger partial charge on any atom is -0.391 e. The lowest BCUT2D eigenvalue weighted by atomic mass is 9.49. The van der Waals surface area contributed by atoms with Crippen LogP contribution in [-0.2, 0) is 11.2 Å². The van der Waals surface area contributed by atoms with E-state index in [0.29, 0.717) is 12.5 Å². The number of allylic oxidation sites excluding steroid dienone is 1. The maximum atomic E-state index is 14.1. The Bertz CT molecular complexity index is 786. The smallest absolute Gasteiger partial charge is 0.233 e. The highest BCUT2D eigenvalue weighted by molar-refractivity contribution is 5.99. The van der Waals surface area contributed by atoms with E-state index in [1.54, 1.807) is 0 Å². The Hall–Kier alpha value is -2.03. The van der Waals surface area contributed by atoms with Crippen LogP contribution >= 0.6 is 0 Å². The van der Waals surface area contributed by atoms with Gasteiger partial charge in [-0.3, -0.25) is 4.79 Å². The molecule has 0 saturated heterocycles. The van der Waals surface area contributed by atoms with E-state index >= 15 is 0 Å². The number of anilines is 1. The first-order valence-electron chi connectivity index (χ1n) is 10.5. The summed E-state index contributed by atoms with van der Waals surface area (Å²) in [5.41, 5.74) is 4.54. The Kier molecular flexibility index (Phi) is 3.96. The number of benzene rings is 1. The van der Waals surface area contributed by atoms with Crippen LogP contribution in [0.1, 0.15) is 44.1 Å². The van der Waals surface area contributed by atoms with Crippen molar-refractivity contribution in [1.29, 1.82) is 0 Å². The first-order chi connectivity index (χ1) is 13.1. The summed E-state index contributed by atoms with van der Waals surface area (Å²) in [5, 5.41) is 3.35. The fraction of sp³-hybridized carbons (Fsp3) is 0.542. The second-order valence-electron chi connectivity index (χ2n) is 9.35. The van der Waals surface area contributed by atoms with Crippen molar-refractivity contribution in [3.63, 3.8) is 0 Å². The number of amides is 1. The van der Waals surface area contributed by atoms with Crippen LogP contribution in [0.4, 0.5) is 5.69 Å². The molecular formula is C24H30N2O. The second kappa shape index (κ2) is 6.25. The van der Waals surface area contributed by atoms with E-state index in [-0.39, 0.29) is 5.41 Å². The van der Waals surface area contributed by atoms with Crippen molar-refractivity contribution < 1.29 is 4.79 Å². The van der Waals surface area contributed by atoms with E-state index in [0.717, 1.165) is 54.7 Å². The monoisotopic (exact) mass is 362 g/mol. The molecule has 4 aliphatic carbocycles. The number of hydrogen-bond donors (Lipinski definition) is 1. The van der Waals surface area contributed by atoms with Crippen LogP contribution in [0.2, 0.25) is 0 Å². The Morgan fingerprint density at radius 3 is 2.37 bits per heavy atom. The Balaban J connectivity index is 1.56. The summed E-state index contributed by atoms with van der Waals surface area (Å²) in [6.45, 7) is 4.67. The molecule has 1 amide bonds. The summed E-state index contributed by atoms with van der Waals surface area (Å²) in [6.07, 6.45) is 10.2. The molecule has 0 spiro atoms. The van der Waals surface area contributed by atoms with E-state index in [9.17, 15) is 4.79 Å². The lowest BCUT2D eigenvalue weighted by Gasteiger charge is -2.56. The molecule has 27 heavy (non-hydrogen) atoms. The largest absolute Gasteiger partial charge is 0.391 e. The summed E-state index contributed by atoms with van der Waals surface area (Å²) >= 11 is 0. The maximum absolute atomic E-state index is 14.1. The van der Waals surface area contributed by atoms with Gasteiger partial charge in [-0.25, -0.2) is 0 Å². The summed E-state index contributed by atoms with van der Waals surface area (Å²) in [4.78, 5) is 16.2. The van der Waals surface area contributed by atoms with E-state index in [1.165, 1.54) is 30.5 Å². The lowest BCUT2D eigenvalue weighted by molar-refractivity contribution is -0.143. The van der Waals surface area contributed by atoms with Crippen LogP contribution in [0.3, 0.4) is 0 Å². The highest BCUT2D eigenvalue weighted by Crippen LogP contribution is 2.60. The van der Waals surface area contributed by atoms with Crippen molar-refractivity contribution in [3.8, 4) is 0 Å².